The second-order valence-electron chi connectivity index (χ2n) is 10.5. The molecule has 1 N–H and O–H groups in total. The third-order valence-electron chi connectivity index (χ3n) is 8.32. The summed E-state index contributed by atoms with van der Waals surface area (Å²) < 4.78 is 39.3. The molecule has 0 radical (unpaired) electrons. The summed E-state index contributed by atoms with van der Waals surface area (Å²) >= 11 is 0. The van der Waals surface area contributed by atoms with E-state index in [0.717, 1.165) is 22.3 Å². The second-order valence-corrected chi connectivity index (χ2v) is 10.5. The van der Waals surface area contributed by atoms with Gasteiger partial charge in [-0.3, -0.25) is 9.59 Å². The van der Waals surface area contributed by atoms with Gasteiger partial charge in [0.2, 0.25) is 12.5 Å². The van der Waals surface area contributed by atoms with Crippen LogP contribution in [0.1, 0.15) is 39.1 Å². The molecule has 7 rings (SSSR count). The Morgan fingerprint density at radius 3 is 2.26 bits per heavy atom. The van der Waals surface area contributed by atoms with E-state index in [2.05, 4.69) is 10.5 Å². The van der Waals surface area contributed by atoms with Crippen molar-refractivity contribution in [3.05, 3.63) is 83.0 Å². The van der Waals surface area contributed by atoms with Crippen molar-refractivity contribution in [2.75, 3.05) is 34.7 Å². The minimum Gasteiger partial charge on any atom is -0.493 e. The molecule has 1 aliphatic carbocycles. The Bertz CT molecular complexity index is 1690. The smallest absolute Gasteiger partial charge is 0.310 e. The summed E-state index contributed by atoms with van der Waals surface area (Å²) in [6, 6.07) is 17.8. The zero-order valence-corrected chi connectivity index (χ0v) is 23.6. The van der Waals surface area contributed by atoms with E-state index in [1.54, 1.807) is 20.3 Å². The number of aromatic nitrogens is 1. The van der Waals surface area contributed by atoms with Crippen molar-refractivity contribution in [2.45, 2.75) is 12.0 Å². The van der Waals surface area contributed by atoms with Crippen molar-refractivity contribution in [3.63, 3.8) is 0 Å². The first kappa shape index (κ1) is 26.7. The van der Waals surface area contributed by atoms with Crippen LogP contribution in [0.25, 0.3) is 11.3 Å². The minimum atomic E-state index is -0.627. The lowest BCUT2D eigenvalue weighted by Gasteiger charge is -2.39. The summed E-state index contributed by atoms with van der Waals surface area (Å²) in [7, 11) is 4.62. The number of fused-ring (bicyclic) bond motifs is 3. The van der Waals surface area contributed by atoms with Gasteiger partial charge < -0.3 is 38.3 Å². The predicted octanol–water partition coefficient (Wildman–Crippen LogP) is 4.50. The molecule has 220 valence electrons. The molecule has 0 spiro atoms. The van der Waals surface area contributed by atoms with Gasteiger partial charge in [-0.25, -0.2) is 0 Å². The summed E-state index contributed by atoms with van der Waals surface area (Å²) in [5.41, 5.74) is 3.25. The Morgan fingerprint density at radius 2 is 1.58 bits per heavy atom. The standard InChI is InChI=1S/C32H28N2O9/c1-37-25-9-17(10-26(38-2)30(25)39-3)27-18-11-23-24(42-15-41-23)12-19(18)29(20-14-40-32(36)28(20)27)33-31(35)21-13-22(43-34-21)16-7-5-4-6-8-16/h4-13,20,27-29H,14-15H2,1-3H3,(H,33,35)/t20-,27+,28-,29+/m0/s1. The van der Waals surface area contributed by atoms with Crippen LogP contribution in [-0.2, 0) is 9.53 Å². The number of ether oxygens (including phenoxy) is 6. The van der Waals surface area contributed by atoms with Gasteiger partial charge in [0, 0.05) is 23.5 Å². The van der Waals surface area contributed by atoms with Gasteiger partial charge in [0.1, 0.15) is 0 Å². The van der Waals surface area contributed by atoms with Gasteiger partial charge in [-0.1, -0.05) is 35.5 Å². The largest absolute Gasteiger partial charge is 0.493 e. The van der Waals surface area contributed by atoms with Crippen molar-refractivity contribution in [1.82, 2.24) is 10.5 Å². The van der Waals surface area contributed by atoms with E-state index in [1.807, 2.05) is 54.6 Å². The molecule has 4 atom stereocenters. The second kappa shape index (κ2) is 10.6. The molecule has 2 aliphatic heterocycles. The summed E-state index contributed by atoms with van der Waals surface area (Å²) in [5, 5.41) is 7.14. The summed E-state index contributed by atoms with van der Waals surface area (Å²) in [4.78, 5) is 27.0. The number of esters is 1. The van der Waals surface area contributed by atoms with Gasteiger partial charge in [-0.15, -0.1) is 0 Å². The topological polar surface area (TPSA) is 128 Å². The zero-order valence-electron chi connectivity index (χ0n) is 23.6. The van der Waals surface area contributed by atoms with Gasteiger partial charge in [-0.2, -0.15) is 0 Å². The number of benzene rings is 3. The molecule has 0 bridgehead atoms. The van der Waals surface area contributed by atoms with E-state index in [9.17, 15) is 9.59 Å². The van der Waals surface area contributed by atoms with Crippen LogP contribution in [0.5, 0.6) is 28.7 Å². The van der Waals surface area contributed by atoms with Gasteiger partial charge in [0.25, 0.3) is 5.91 Å². The van der Waals surface area contributed by atoms with Gasteiger partial charge in [-0.05, 0) is 41.0 Å². The number of carbonyl (C=O) groups excluding carboxylic acids is 2. The van der Waals surface area contributed by atoms with E-state index < -0.39 is 29.7 Å². The third kappa shape index (κ3) is 4.39. The fourth-order valence-corrected chi connectivity index (χ4v) is 6.36. The van der Waals surface area contributed by atoms with E-state index in [-0.39, 0.29) is 25.1 Å². The van der Waals surface area contributed by atoms with Crippen LogP contribution in [-0.4, -0.2) is 51.8 Å². The molecule has 0 saturated carbocycles. The van der Waals surface area contributed by atoms with Crippen LogP contribution >= 0.6 is 0 Å². The monoisotopic (exact) mass is 584 g/mol. The normalized spacial score (nSPS) is 21.4. The zero-order chi connectivity index (χ0) is 29.7. The van der Waals surface area contributed by atoms with Crippen molar-refractivity contribution in [2.24, 2.45) is 11.8 Å². The lowest BCUT2D eigenvalue weighted by atomic mass is 9.65. The van der Waals surface area contributed by atoms with Crippen LogP contribution in [0.3, 0.4) is 0 Å². The van der Waals surface area contributed by atoms with E-state index in [1.165, 1.54) is 7.11 Å². The number of amides is 1. The molecule has 3 aromatic carbocycles. The quantitative estimate of drug-likeness (QED) is 0.310. The van der Waals surface area contributed by atoms with Crippen LogP contribution in [0.4, 0.5) is 0 Å². The Labute approximate surface area is 246 Å². The van der Waals surface area contributed by atoms with Crippen molar-refractivity contribution in [1.29, 1.82) is 0 Å². The number of carbonyl (C=O) groups is 2. The first-order valence-electron chi connectivity index (χ1n) is 13.7. The first-order chi connectivity index (χ1) is 21.0. The number of nitrogens with one attached hydrogen (secondary N) is 1. The maximum Gasteiger partial charge on any atom is 0.310 e. The summed E-state index contributed by atoms with van der Waals surface area (Å²) in [6.45, 7) is 0.192. The van der Waals surface area contributed by atoms with Gasteiger partial charge in [0.05, 0.1) is 39.9 Å². The van der Waals surface area contributed by atoms with Crippen LogP contribution in [0, 0.1) is 11.8 Å². The fraction of sp³-hybridized carbons (Fsp3) is 0.281. The highest BCUT2D eigenvalue weighted by Gasteiger charge is 2.53. The molecule has 11 nitrogen and oxygen atoms in total. The molecule has 1 fully saturated rings. The minimum absolute atomic E-state index is 0.0696. The molecular formula is C32H28N2O9. The van der Waals surface area contributed by atoms with Crippen molar-refractivity contribution in [3.8, 4) is 40.1 Å². The average molecular weight is 585 g/mol. The molecule has 43 heavy (non-hydrogen) atoms. The first-order valence-corrected chi connectivity index (χ1v) is 13.7. The average Bonchev–Trinajstić information content (AvgIpc) is 3.80. The highest BCUT2D eigenvalue weighted by atomic mass is 16.7. The van der Waals surface area contributed by atoms with Gasteiger partial charge in [0.15, 0.2) is 34.5 Å². The van der Waals surface area contributed by atoms with Crippen molar-refractivity contribution >= 4 is 11.9 Å². The molecule has 1 amide bonds. The molecule has 11 heteroatoms. The van der Waals surface area contributed by atoms with Gasteiger partial charge >= 0.3 is 5.97 Å². The Morgan fingerprint density at radius 1 is 0.884 bits per heavy atom. The molecule has 1 saturated heterocycles. The number of methoxy groups -OCH3 is 3. The molecule has 1 aromatic heterocycles. The van der Waals surface area contributed by atoms with Crippen LogP contribution in [0.15, 0.2) is 65.2 Å². The van der Waals surface area contributed by atoms with E-state index in [4.69, 9.17) is 32.9 Å². The number of cyclic esters (lactones) is 1. The molecular weight excluding hydrogens is 556 g/mol. The summed E-state index contributed by atoms with van der Waals surface area (Å²) in [5.74, 6) is 0.633. The number of hydrogen-bond donors (Lipinski definition) is 1. The highest BCUT2D eigenvalue weighted by molar-refractivity contribution is 5.93. The fourth-order valence-electron chi connectivity index (χ4n) is 6.36. The lowest BCUT2D eigenvalue weighted by Crippen LogP contribution is -2.43. The molecule has 3 aliphatic rings. The maximum atomic E-state index is 13.6. The van der Waals surface area contributed by atoms with Crippen LogP contribution < -0.4 is 29.0 Å². The Balaban J connectivity index is 1.33. The molecule has 3 heterocycles. The number of hydrogen-bond acceptors (Lipinski definition) is 10. The number of nitrogens with zero attached hydrogens (tertiary/aromatic N) is 1. The Hall–Kier alpha value is -5.19. The van der Waals surface area contributed by atoms with E-state index in [0.29, 0.717) is 34.5 Å². The van der Waals surface area contributed by atoms with E-state index >= 15 is 0 Å². The lowest BCUT2D eigenvalue weighted by molar-refractivity contribution is -0.141. The Kier molecular flexibility index (Phi) is 6.56. The predicted molar refractivity (Wildman–Crippen MR) is 151 cm³/mol. The van der Waals surface area contributed by atoms with Crippen molar-refractivity contribution < 1.29 is 42.5 Å². The summed E-state index contributed by atoms with van der Waals surface area (Å²) in [6.07, 6.45) is 0. The number of rotatable bonds is 7. The molecule has 0 unspecified atom stereocenters. The maximum absolute atomic E-state index is 13.6. The van der Waals surface area contributed by atoms with Crippen LogP contribution in [0.2, 0.25) is 0 Å². The third-order valence-corrected chi connectivity index (χ3v) is 8.32. The molecule has 4 aromatic rings. The SMILES string of the molecule is COc1cc([C@@H]2c3cc4c(cc3[C@@H](NC(=O)c3cc(-c5ccccc5)on3)[C@H]3COC(=O)[C@H]23)OCO4)cc(OC)c1OC. The highest BCUT2D eigenvalue weighted by Crippen LogP contribution is 2.55.